The average molecular weight is 193 g/mol. The van der Waals surface area contributed by atoms with Gasteiger partial charge in [0.2, 0.25) is 0 Å². The molecule has 0 aromatic heterocycles. The summed E-state index contributed by atoms with van der Waals surface area (Å²) < 4.78 is 36.8. The second kappa shape index (κ2) is 3.72. The van der Waals surface area contributed by atoms with E-state index in [-0.39, 0.29) is 6.10 Å². The molecule has 0 heterocycles. The van der Waals surface area contributed by atoms with E-state index in [0.717, 1.165) is 0 Å². The van der Waals surface area contributed by atoms with Crippen LogP contribution in [0.3, 0.4) is 0 Å². The van der Waals surface area contributed by atoms with Crippen molar-refractivity contribution in [1.82, 2.24) is 0 Å². The molecule has 12 heavy (non-hydrogen) atoms. The SMILES string of the molecule is COC1CCC(S(=O)(=O)[O-])CC1. The lowest BCUT2D eigenvalue weighted by molar-refractivity contribution is 0.0711. The molecule has 0 aromatic rings. The minimum Gasteiger partial charge on any atom is -0.748 e. The summed E-state index contributed by atoms with van der Waals surface area (Å²) in [7, 11) is -2.46. The average Bonchev–Trinajstić information content (AvgIpc) is 2.03. The van der Waals surface area contributed by atoms with Gasteiger partial charge in [-0.1, -0.05) is 0 Å². The van der Waals surface area contributed by atoms with Gasteiger partial charge in [0.15, 0.2) is 0 Å². The zero-order chi connectivity index (χ0) is 9.19. The van der Waals surface area contributed by atoms with E-state index in [0.29, 0.717) is 25.7 Å². The van der Waals surface area contributed by atoms with Gasteiger partial charge < -0.3 is 9.29 Å². The van der Waals surface area contributed by atoms with E-state index in [1.165, 1.54) is 0 Å². The van der Waals surface area contributed by atoms with Crippen LogP contribution in [-0.4, -0.2) is 31.4 Å². The van der Waals surface area contributed by atoms with Crippen molar-refractivity contribution in [2.75, 3.05) is 7.11 Å². The minimum absolute atomic E-state index is 0.142. The summed E-state index contributed by atoms with van der Waals surface area (Å²) in [5.41, 5.74) is 0. The monoisotopic (exact) mass is 193 g/mol. The molecule has 0 bridgehead atoms. The highest BCUT2D eigenvalue weighted by Crippen LogP contribution is 2.24. The Kier molecular flexibility index (Phi) is 3.09. The van der Waals surface area contributed by atoms with Crippen LogP contribution in [0.2, 0.25) is 0 Å². The lowest BCUT2D eigenvalue weighted by Gasteiger charge is -2.28. The van der Waals surface area contributed by atoms with Crippen LogP contribution in [0.5, 0.6) is 0 Å². The highest BCUT2D eigenvalue weighted by Gasteiger charge is 2.24. The predicted octanol–water partition coefficient (Wildman–Crippen LogP) is 0.489. The van der Waals surface area contributed by atoms with Crippen molar-refractivity contribution < 1.29 is 17.7 Å². The molecule has 0 unspecified atom stereocenters. The van der Waals surface area contributed by atoms with Crippen LogP contribution in [0.1, 0.15) is 25.7 Å². The highest BCUT2D eigenvalue weighted by molar-refractivity contribution is 7.86. The second-order valence-corrected chi connectivity index (χ2v) is 4.78. The van der Waals surface area contributed by atoms with E-state index in [2.05, 4.69) is 0 Å². The van der Waals surface area contributed by atoms with Gasteiger partial charge in [-0.25, -0.2) is 8.42 Å². The number of rotatable bonds is 2. The summed E-state index contributed by atoms with van der Waals surface area (Å²) in [6.07, 6.45) is 2.41. The molecule has 0 radical (unpaired) electrons. The van der Waals surface area contributed by atoms with Gasteiger partial charge in [0, 0.05) is 12.4 Å². The van der Waals surface area contributed by atoms with Gasteiger partial charge in [-0.05, 0) is 25.7 Å². The highest BCUT2D eigenvalue weighted by atomic mass is 32.2. The summed E-state index contributed by atoms with van der Waals surface area (Å²) in [6, 6.07) is 0. The van der Waals surface area contributed by atoms with Gasteiger partial charge in [0.1, 0.15) is 0 Å². The lowest BCUT2D eigenvalue weighted by atomic mass is 9.97. The zero-order valence-electron chi connectivity index (χ0n) is 7.02. The molecule has 1 aliphatic rings. The Labute approximate surface area is 72.7 Å². The normalized spacial score (nSPS) is 31.8. The molecule has 1 aliphatic carbocycles. The van der Waals surface area contributed by atoms with Crippen LogP contribution in [-0.2, 0) is 14.9 Å². The molecule has 4 nitrogen and oxygen atoms in total. The summed E-state index contributed by atoms with van der Waals surface area (Å²) in [5, 5.41) is -0.677. The first kappa shape index (κ1) is 9.95. The van der Waals surface area contributed by atoms with Crippen LogP contribution >= 0.6 is 0 Å². The molecular formula is C7H13O4S-. The van der Waals surface area contributed by atoms with Gasteiger partial charge in [0.25, 0.3) is 0 Å². The molecule has 5 heteroatoms. The fourth-order valence-electron chi connectivity index (χ4n) is 1.56. The van der Waals surface area contributed by atoms with E-state index >= 15 is 0 Å². The first-order valence-electron chi connectivity index (χ1n) is 4.01. The quantitative estimate of drug-likeness (QED) is 0.598. The molecule has 72 valence electrons. The molecule has 0 aliphatic heterocycles. The molecule has 1 rings (SSSR count). The van der Waals surface area contributed by atoms with E-state index in [1.54, 1.807) is 7.11 Å². The first-order valence-corrected chi connectivity index (χ1v) is 5.48. The maximum absolute atomic E-state index is 10.6. The molecule has 1 fully saturated rings. The Morgan fingerprint density at radius 3 is 2.08 bits per heavy atom. The van der Waals surface area contributed by atoms with Crippen LogP contribution in [0.15, 0.2) is 0 Å². The maximum atomic E-state index is 10.6. The number of methoxy groups -OCH3 is 1. The van der Waals surface area contributed by atoms with Gasteiger partial charge in [-0.2, -0.15) is 0 Å². The van der Waals surface area contributed by atoms with Crippen LogP contribution in [0.25, 0.3) is 0 Å². The van der Waals surface area contributed by atoms with Crippen molar-refractivity contribution in [2.24, 2.45) is 0 Å². The van der Waals surface area contributed by atoms with Crippen molar-refractivity contribution in [2.45, 2.75) is 37.0 Å². The van der Waals surface area contributed by atoms with Crippen LogP contribution in [0, 0.1) is 0 Å². The van der Waals surface area contributed by atoms with Gasteiger partial charge in [0.05, 0.1) is 16.2 Å². The Bertz CT molecular complexity index is 226. The summed E-state index contributed by atoms with van der Waals surface area (Å²) >= 11 is 0. The molecule has 0 N–H and O–H groups in total. The smallest absolute Gasteiger partial charge is 0.0975 e. The second-order valence-electron chi connectivity index (χ2n) is 3.13. The Hall–Kier alpha value is -0.130. The van der Waals surface area contributed by atoms with Crippen LogP contribution in [0.4, 0.5) is 0 Å². The lowest BCUT2D eigenvalue weighted by Crippen LogP contribution is -2.29. The third-order valence-corrected chi connectivity index (χ3v) is 3.65. The van der Waals surface area contributed by atoms with Gasteiger partial charge >= 0.3 is 0 Å². The molecule has 0 saturated heterocycles. The third-order valence-electron chi connectivity index (χ3n) is 2.36. The molecule has 0 aromatic carbocycles. The minimum atomic E-state index is -4.06. The van der Waals surface area contributed by atoms with Gasteiger partial charge in [-0.15, -0.1) is 0 Å². The fourth-order valence-corrected chi connectivity index (χ4v) is 2.41. The topological polar surface area (TPSA) is 66.4 Å². The zero-order valence-corrected chi connectivity index (χ0v) is 7.84. The molecule has 0 atom stereocenters. The molecule has 0 spiro atoms. The van der Waals surface area contributed by atoms with E-state index in [4.69, 9.17) is 4.74 Å². The molecular weight excluding hydrogens is 180 g/mol. The predicted molar refractivity (Wildman–Crippen MR) is 42.8 cm³/mol. The third kappa shape index (κ3) is 2.43. The van der Waals surface area contributed by atoms with Crippen molar-refractivity contribution >= 4 is 10.1 Å². The molecule has 0 amide bonds. The molecule has 1 saturated carbocycles. The largest absolute Gasteiger partial charge is 0.748 e. The van der Waals surface area contributed by atoms with Gasteiger partial charge in [-0.3, -0.25) is 0 Å². The van der Waals surface area contributed by atoms with E-state index in [1.807, 2.05) is 0 Å². The number of ether oxygens (including phenoxy) is 1. The maximum Gasteiger partial charge on any atom is 0.0975 e. The summed E-state index contributed by atoms with van der Waals surface area (Å²) in [5.74, 6) is 0. The Morgan fingerprint density at radius 1 is 1.25 bits per heavy atom. The van der Waals surface area contributed by atoms with Crippen molar-refractivity contribution in [3.8, 4) is 0 Å². The standard InChI is InChI=1S/C7H14O4S/c1-11-6-2-4-7(5-3-6)12(8,9)10/h6-7H,2-5H2,1H3,(H,8,9,10)/p-1. The number of hydrogen-bond donors (Lipinski definition) is 0. The van der Waals surface area contributed by atoms with Crippen molar-refractivity contribution in [3.05, 3.63) is 0 Å². The summed E-state index contributed by atoms with van der Waals surface area (Å²) in [6.45, 7) is 0. The van der Waals surface area contributed by atoms with Crippen molar-refractivity contribution in [1.29, 1.82) is 0 Å². The van der Waals surface area contributed by atoms with E-state index < -0.39 is 15.4 Å². The number of hydrogen-bond acceptors (Lipinski definition) is 4. The Balaban J connectivity index is 2.47. The van der Waals surface area contributed by atoms with Crippen LogP contribution < -0.4 is 0 Å². The van der Waals surface area contributed by atoms with Crippen molar-refractivity contribution in [3.63, 3.8) is 0 Å². The fraction of sp³-hybridized carbons (Fsp3) is 1.00. The summed E-state index contributed by atoms with van der Waals surface area (Å²) in [4.78, 5) is 0. The first-order chi connectivity index (χ1) is 5.54. The van der Waals surface area contributed by atoms with E-state index in [9.17, 15) is 13.0 Å². The Morgan fingerprint density at radius 2 is 1.75 bits per heavy atom.